The van der Waals surface area contributed by atoms with Gasteiger partial charge in [0.2, 0.25) is 0 Å². The van der Waals surface area contributed by atoms with E-state index < -0.39 is 0 Å². The summed E-state index contributed by atoms with van der Waals surface area (Å²) in [6.45, 7) is 5.75. The molecule has 0 saturated heterocycles. The number of aryl methyl sites for hydroxylation is 1. The second-order valence-corrected chi connectivity index (χ2v) is 4.18. The number of nitrogens with one attached hydrogen (secondary N) is 1. The summed E-state index contributed by atoms with van der Waals surface area (Å²) in [6, 6.07) is 1.89. The van der Waals surface area contributed by atoms with Crippen molar-refractivity contribution >= 4 is 23.7 Å². The zero-order valence-corrected chi connectivity index (χ0v) is 10.8. The van der Waals surface area contributed by atoms with Crippen molar-refractivity contribution in [3.05, 3.63) is 22.1 Å². The number of nitrogens with zero attached hydrogens (tertiary/aromatic N) is 2. The van der Waals surface area contributed by atoms with Gasteiger partial charge in [-0.25, -0.2) is 4.98 Å². The summed E-state index contributed by atoms with van der Waals surface area (Å²) in [7, 11) is 0. The summed E-state index contributed by atoms with van der Waals surface area (Å²) in [6.07, 6.45) is 0. The number of halogens is 1. The fourth-order valence-electron chi connectivity index (χ4n) is 1.22. The Morgan fingerprint density at radius 3 is 2.94 bits per heavy atom. The lowest BCUT2D eigenvalue weighted by Crippen LogP contribution is -2.11. The zero-order valence-electron chi connectivity index (χ0n) is 9.19. The summed E-state index contributed by atoms with van der Waals surface area (Å²) in [5, 5.41) is 10.1. The Labute approximate surface area is 104 Å². The minimum Gasteiger partial charge on any atom is -0.354 e. The van der Waals surface area contributed by atoms with Gasteiger partial charge >= 0.3 is 0 Å². The molecule has 0 atom stereocenters. The monoisotopic (exact) mass is 259 g/mol. The average Bonchev–Trinajstić information content (AvgIpc) is 2.83. The molecule has 0 spiro atoms. The van der Waals surface area contributed by atoms with E-state index in [1.165, 1.54) is 0 Å². The maximum Gasteiger partial charge on any atom is 0.186 e. The number of hydrogen-bond acceptors (Lipinski definition) is 5. The molecule has 0 aliphatic rings. The maximum absolute atomic E-state index is 5.14. The standard InChI is InChI=1S/C10H13N3OS.ClH/c1-3-11-5-10-12-8(6-15-10)9-4-7(2)13-14-9;/h4,6,11H,3,5H2,1-2H3;1H. The van der Waals surface area contributed by atoms with Crippen LogP contribution in [0.25, 0.3) is 11.5 Å². The highest BCUT2D eigenvalue weighted by Gasteiger charge is 2.08. The van der Waals surface area contributed by atoms with Gasteiger partial charge in [0.15, 0.2) is 5.76 Å². The Hall–Kier alpha value is -0.910. The van der Waals surface area contributed by atoms with Gasteiger partial charge in [-0.2, -0.15) is 0 Å². The normalized spacial score (nSPS) is 10.1. The zero-order chi connectivity index (χ0) is 10.7. The molecule has 6 heteroatoms. The molecule has 0 radical (unpaired) electrons. The van der Waals surface area contributed by atoms with Crippen molar-refractivity contribution in [1.82, 2.24) is 15.5 Å². The van der Waals surface area contributed by atoms with E-state index in [0.717, 1.165) is 35.2 Å². The van der Waals surface area contributed by atoms with Gasteiger partial charge in [-0.15, -0.1) is 23.7 Å². The van der Waals surface area contributed by atoms with Crippen LogP contribution < -0.4 is 5.32 Å². The highest BCUT2D eigenvalue weighted by molar-refractivity contribution is 7.09. The van der Waals surface area contributed by atoms with Crippen LogP contribution >= 0.6 is 23.7 Å². The third-order valence-corrected chi connectivity index (χ3v) is 2.81. The Morgan fingerprint density at radius 1 is 1.50 bits per heavy atom. The Bertz CT molecular complexity index is 441. The van der Waals surface area contributed by atoms with E-state index in [0.29, 0.717) is 0 Å². The van der Waals surface area contributed by atoms with Crippen molar-refractivity contribution in [3.63, 3.8) is 0 Å². The first-order valence-corrected chi connectivity index (χ1v) is 5.76. The van der Waals surface area contributed by atoms with Gasteiger partial charge in [0, 0.05) is 18.0 Å². The van der Waals surface area contributed by atoms with Crippen LogP contribution in [0.1, 0.15) is 17.6 Å². The van der Waals surface area contributed by atoms with Crippen LogP contribution in [-0.4, -0.2) is 16.7 Å². The van der Waals surface area contributed by atoms with Gasteiger partial charge in [0.05, 0.1) is 5.69 Å². The summed E-state index contributed by atoms with van der Waals surface area (Å²) in [5.41, 5.74) is 1.75. The molecule has 0 saturated carbocycles. The largest absolute Gasteiger partial charge is 0.354 e. The number of aromatic nitrogens is 2. The van der Waals surface area contributed by atoms with Crippen LogP contribution in [0.3, 0.4) is 0 Å². The molecule has 2 aromatic rings. The summed E-state index contributed by atoms with van der Waals surface area (Å²) in [4.78, 5) is 4.45. The van der Waals surface area contributed by atoms with E-state index in [2.05, 4.69) is 22.4 Å². The molecule has 0 bridgehead atoms. The molecule has 0 aliphatic heterocycles. The summed E-state index contributed by atoms with van der Waals surface area (Å²) < 4.78 is 5.14. The van der Waals surface area contributed by atoms with E-state index in [9.17, 15) is 0 Å². The molecule has 0 fully saturated rings. The smallest absolute Gasteiger partial charge is 0.186 e. The molecule has 16 heavy (non-hydrogen) atoms. The van der Waals surface area contributed by atoms with Crippen LogP contribution in [0.15, 0.2) is 16.0 Å². The SMILES string of the molecule is CCNCc1nc(-c2cc(C)no2)cs1.Cl. The van der Waals surface area contributed by atoms with Gasteiger partial charge in [0.1, 0.15) is 10.7 Å². The minimum absolute atomic E-state index is 0. The van der Waals surface area contributed by atoms with Gasteiger partial charge in [0.25, 0.3) is 0 Å². The van der Waals surface area contributed by atoms with E-state index >= 15 is 0 Å². The molecule has 2 heterocycles. The van der Waals surface area contributed by atoms with Gasteiger partial charge < -0.3 is 9.84 Å². The molecule has 4 nitrogen and oxygen atoms in total. The summed E-state index contributed by atoms with van der Waals surface area (Å²) >= 11 is 1.63. The fraction of sp³-hybridized carbons (Fsp3) is 0.400. The number of rotatable bonds is 4. The predicted octanol–water partition coefficient (Wildman–Crippen LogP) is 2.64. The first kappa shape index (κ1) is 13.2. The molecule has 0 unspecified atom stereocenters. The molecule has 88 valence electrons. The topological polar surface area (TPSA) is 51.0 Å². The third kappa shape index (κ3) is 3.04. The lowest BCUT2D eigenvalue weighted by molar-refractivity contribution is 0.426. The van der Waals surface area contributed by atoms with Crippen LogP contribution in [-0.2, 0) is 6.54 Å². The van der Waals surface area contributed by atoms with Crippen LogP contribution in [0.5, 0.6) is 0 Å². The molecule has 2 aromatic heterocycles. The molecular weight excluding hydrogens is 246 g/mol. The molecule has 2 rings (SSSR count). The third-order valence-electron chi connectivity index (χ3n) is 1.96. The van der Waals surface area contributed by atoms with Gasteiger partial charge in [-0.05, 0) is 13.5 Å². The van der Waals surface area contributed by atoms with Crippen molar-refractivity contribution < 1.29 is 4.52 Å². The van der Waals surface area contributed by atoms with Crippen molar-refractivity contribution in [2.45, 2.75) is 20.4 Å². The molecule has 0 aromatic carbocycles. The molecule has 0 aliphatic carbocycles. The Balaban J connectivity index is 0.00000128. The Kier molecular flexibility index (Phi) is 4.92. The second-order valence-electron chi connectivity index (χ2n) is 3.24. The Morgan fingerprint density at radius 2 is 2.31 bits per heavy atom. The fourth-order valence-corrected chi connectivity index (χ4v) is 1.97. The highest BCUT2D eigenvalue weighted by Crippen LogP contribution is 2.22. The van der Waals surface area contributed by atoms with Crippen molar-refractivity contribution in [2.75, 3.05) is 6.54 Å². The summed E-state index contributed by atoms with van der Waals surface area (Å²) in [5.74, 6) is 0.742. The molecular formula is C10H14ClN3OS. The van der Waals surface area contributed by atoms with E-state index in [1.807, 2.05) is 18.4 Å². The van der Waals surface area contributed by atoms with Gasteiger partial charge in [-0.3, -0.25) is 0 Å². The second kappa shape index (κ2) is 5.98. The van der Waals surface area contributed by atoms with Gasteiger partial charge in [-0.1, -0.05) is 12.1 Å². The van der Waals surface area contributed by atoms with E-state index in [-0.39, 0.29) is 12.4 Å². The van der Waals surface area contributed by atoms with Crippen LogP contribution in [0.2, 0.25) is 0 Å². The minimum atomic E-state index is 0. The lowest BCUT2D eigenvalue weighted by Gasteiger charge is -1.94. The highest BCUT2D eigenvalue weighted by atomic mass is 35.5. The first-order valence-electron chi connectivity index (χ1n) is 4.88. The van der Waals surface area contributed by atoms with Crippen molar-refractivity contribution in [3.8, 4) is 11.5 Å². The number of hydrogen-bond donors (Lipinski definition) is 1. The number of thiazole rings is 1. The first-order chi connectivity index (χ1) is 7.29. The molecule has 1 N–H and O–H groups in total. The van der Waals surface area contributed by atoms with Crippen LogP contribution in [0.4, 0.5) is 0 Å². The van der Waals surface area contributed by atoms with E-state index in [1.54, 1.807) is 11.3 Å². The van der Waals surface area contributed by atoms with Crippen molar-refractivity contribution in [1.29, 1.82) is 0 Å². The quantitative estimate of drug-likeness (QED) is 0.917. The maximum atomic E-state index is 5.14. The predicted molar refractivity (Wildman–Crippen MR) is 67.0 cm³/mol. The lowest BCUT2D eigenvalue weighted by atomic mass is 10.3. The molecule has 0 amide bonds. The van der Waals surface area contributed by atoms with Crippen molar-refractivity contribution in [2.24, 2.45) is 0 Å². The average molecular weight is 260 g/mol. The van der Waals surface area contributed by atoms with Crippen LogP contribution in [0, 0.1) is 6.92 Å². The van der Waals surface area contributed by atoms with E-state index in [4.69, 9.17) is 4.52 Å².